The van der Waals surface area contributed by atoms with Crippen LogP contribution in [0.5, 0.6) is 0 Å². The maximum atomic E-state index is 12.2. The molecule has 2 N–H and O–H groups in total. The van der Waals surface area contributed by atoms with Gasteiger partial charge in [0, 0.05) is 11.4 Å². The highest BCUT2D eigenvalue weighted by Gasteiger charge is 2.21. The first kappa shape index (κ1) is 13.8. The quantitative estimate of drug-likeness (QED) is 0.899. The molecule has 0 spiro atoms. The SMILES string of the molecule is Cc1ccc(NS(=O)(=O)c2sc(=O)[nH]c2C)c(C)n1. The molecule has 2 heterocycles. The first-order valence-corrected chi connectivity index (χ1v) is 7.76. The number of hydrogen-bond donors (Lipinski definition) is 2. The minimum Gasteiger partial charge on any atom is -0.315 e. The van der Waals surface area contributed by atoms with Crippen molar-refractivity contribution in [2.75, 3.05) is 4.72 Å². The number of pyridine rings is 1. The monoisotopic (exact) mass is 299 g/mol. The van der Waals surface area contributed by atoms with E-state index < -0.39 is 14.9 Å². The van der Waals surface area contributed by atoms with Crippen molar-refractivity contribution in [2.45, 2.75) is 25.0 Å². The van der Waals surface area contributed by atoms with E-state index in [1.54, 1.807) is 26.0 Å². The number of H-pyrrole nitrogens is 1. The van der Waals surface area contributed by atoms with Gasteiger partial charge in [0.1, 0.15) is 0 Å². The van der Waals surface area contributed by atoms with E-state index in [9.17, 15) is 13.2 Å². The smallest absolute Gasteiger partial charge is 0.306 e. The van der Waals surface area contributed by atoms with E-state index in [1.165, 1.54) is 0 Å². The van der Waals surface area contributed by atoms with Crippen molar-refractivity contribution < 1.29 is 8.42 Å². The molecule has 2 rings (SSSR count). The first-order chi connectivity index (χ1) is 8.79. The number of anilines is 1. The van der Waals surface area contributed by atoms with E-state index in [1.807, 2.05) is 6.92 Å². The third-order valence-electron chi connectivity index (χ3n) is 2.49. The molecule has 6 nitrogen and oxygen atoms in total. The van der Waals surface area contributed by atoms with Crippen LogP contribution in [0.15, 0.2) is 21.1 Å². The van der Waals surface area contributed by atoms with Crippen LogP contribution in [0, 0.1) is 20.8 Å². The maximum Gasteiger partial charge on any atom is 0.306 e. The lowest BCUT2D eigenvalue weighted by Gasteiger charge is -2.09. The summed E-state index contributed by atoms with van der Waals surface area (Å²) >= 11 is 0.668. The highest BCUT2D eigenvalue weighted by molar-refractivity contribution is 7.94. The molecule has 0 bridgehead atoms. The van der Waals surface area contributed by atoms with Crippen molar-refractivity contribution in [3.05, 3.63) is 38.9 Å². The van der Waals surface area contributed by atoms with Crippen molar-refractivity contribution in [3.8, 4) is 0 Å². The molecular formula is C11H13N3O3S2. The number of sulfonamides is 1. The highest BCUT2D eigenvalue weighted by atomic mass is 32.2. The van der Waals surface area contributed by atoms with Crippen LogP contribution in [-0.2, 0) is 10.0 Å². The Kier molecular flexibility index (Phi) is 3.46. The fraction of sp³-hybridized carbons (Fsp3) is 0.273. The Balaban J connectivity index is 2.42. The van der Waals surface area contributed by atoms with Gasteiger partial charge in [-0.2, -0.15) is 0 Å². The zero-order valence-electron chi connectivity index (χ0n) is 10.6. The Morgan fingerprint density at radius 2 is 1.95 bits per heavy atom. The summed E-state index contributed by atoms with van der Waals surface area (Å²) in [5, 5.41) is 0. The largest absolute Gasteiger partial charge is 0.315 e. The molecule has 0 unspecified atom stereocenters. The van der Waals surface area contributed by atoms with Crippen molar-refractivity contribution in [1.29, 1.82) is 0 Å². The Bertz CT molecular complexity index is 775. The second kappa shape index (κ2) is 4.78. The molecule has 0 radical (unpaired) electrons. The summed E-state index contributed by atoms with van der Waals surface area (Å²) in [5.74, 6) is 0. The highest BCUT2D eigenvalue weighted by Crippen LogP contribution is 2.21. The lowest BCUT2D eigenvalue weighted by molar-refractivity contribution is 0.602. The predicted molar refractivity (Wildman–Crippen MR) is 74.2 cm³/mol. The number of aromatic amines is 1. The summed E-state index contributed by atoms with van der Waals surface area (Å²) < 4.78 is 26.8. The van der Waals surface area contributed by atoms with E-state index in [0.717, 1.165) is 5.69 Å². The van der Waals surface area contributed by atoms with Crippen LogP contribution in [0.2, 0.25) is 0 Å². The Hall–Kier alpha value is -1.67. The number of thiazole rings is 1. The number of aromatic nitrogens is 2. The lowest BCUT2D eigenvalue weighted by Crippen LogP contribution is -2.14. The van der Waals surface area contributed by atoms with Crippen LogP contribution < -0.4 is 9.60 Å². The molecule has 0 saturated carbocycles. The van der Waals surface area contributed by atoms with E-state index in [-0.39, 0.29) is 4.21 Å². The summed E-state index contributed by atoms with van der Waals surface area (Å²) in [7, 11) is -3.76. The predicted octanol–water partition coefficient (Wildman–Crippen LogP) is 1.56. The topological polar surface area (TPSA) is 91.9 Å². The molecule has 0 fully saturated rings. The third kappa shape index (κ3) is 2.85. The average molecular weight is 299 g/mol. The molecule has 0 aliphatic rings. The van der Waals surface area contributed by atoms with Crippen LogP contribution in [0.3, 0.4) is 0 Å². The third-order valence-corrected chi connectivity index (χ3v) is 5.46. The van der Waals surface area contributed by atoms with E-state index in [0.29, 0.717) is 28.4 Å². The summed E-state index contributed by atoms with van der Waals surface area (Å²) in [6, 6.07) is 3.37. The molecule has 0 atom stereocenters. The summed E-state index contributed by atoms with van der Waals surface area (Å²) in [5.41, 5.74) is 2.14. The second-order valence-electron chi connectivity index (χ2n) is 4.12. The van der Waals surface area contributed by atoms with Gasteiger partial charge in [0.15, 0.2) is 4.21 Å². The Labute approximate surface area is 114 Å². The summed E-state index contributed by atoms with van der Waals surface area (Å²) in [6.45, 7) is 5.09. The molecule has 19 heavy (non-hydrogen) atoms. The second-order valence-corrected chi connectivity index (χ2v) is 6.98. The lowest BCUT2D eigenvalue weighted by atomic mass is 10.3. The Morgan fingerprint density at radius 1 is 1.26 bits per heavy atom. The number of rotatable bonds is 3. The molecule has 0 aliphatic carbocycles. The van der Waals surface area contributed by atoms with Gasteiger partial charge < -0.3 is 4.98 Å². The summed E-state index contributed by atoms with van der Waals surface area (Å²) in [4.78, 5) is 17.4. The van der Waals surface area contributed by atoms with Gasteiger partial charge in [-0.15, -0.1) is 0 Å². The van der Waals surface area contributed by atoms with Gasteiger partial charge in [-0.05, 0) is 32.9 Å². The first-order valence-electron chi connectivity index (χ1n) is 5.46. The minimum atomic E-state index is -3.76. The maximum absolute atomic E-state index is 12.2. The van der Waals surface area contributed by atoms with Gasteiger partial charge in [-0.25, -0.2) is 8.42 Å². The minimum absolute atomic E-state index is 0.00234. The van der Waals surface area contributed by atoms with Gasteiger partial charge in [0.25, 0.3) is 10.0 Å². The van der Waals surface area contributed by atoms with Gasteiger partial charge in [0.05, 0.1) is 11.4 Å². The van der Waals surface area contributed by atoms with Crippen molar-refractivity contribution in [2.24, 2.45) is 0 Å². The van der Waals surface area contributed by atoms with Crippen molar-refractivity contribution in [1.82, 2.24) is 9.97 Å². The zero-order chi connectivity index (χ0) is 14.2. The molecule has 2 aromatic heterocycles. The van der Waals surface area contributed by atoms with Gasteiger partial charge in [0.2, 0.25) is 0 Å². The van der Waals surface area contributed by atoms with Crippen molar-refractivity contribution in [3.63, 3.8) is 0 Å². The standard InChI is InChI=1S/C11H13N3O3S2/c1-6-4-5-9(7(2)12-6)14-19(16,17)10-8(3)13-11(15)18-10/h4-5,14H,1-3H3,(H,13,15). The molecule has 8 heteroatoms. The van der Waals surface area contributed by atoms with E-state index in [4.69, 9.17) is 0 Å². The van der Waals surface area contributed by atoms with E-state index in [2.05, 4.69) is 14.7 Å². The molecular weight excluding hydrogens is 286 g/mol. The zero-order valence-corrected chi connectivity index (χ0v) is 12.3. The van der Waals surface area contributed by atoms with Crippen LogP contribution in [0.1, 0.15) is 17.1 Å². The molecule has 0 amide bonds. The van der Waals surface area contributed by atoms with E-state index >= 15 is 0 Å². The number of aryl methyl sites for hydroxylation is 3. The molecule has 2 aromatic rings. The Morgan fingerprint density at radius 3 is 2.47 bits per heavy atom. The number of nitrogens with one attached hydrogen (secondary N) is 2. The van der Waals surface area contributed by atoms with Crippen molar-refractivity contribution >= 4 is 27.0 Å². The fourth-order valence-corrected chi connectivity index (χ4v) is 4.05. The molecule has 0 aromatic carbocycles. The van der Waals surface area contributed by atoms with Crippen LogP contribution in [0.25, 0.3) is 0 Å². The normalized spacial score (nSPS) is 11.5. The van der Waals surface area contributed by atoms with Gasteiger partial charge >= 0.3 is 4.87 Å². The molecule has 0 saturated heterocycles. The van der Waals surface area contributed by atoms with Gasteiger partial charge in [-0.1, -0.05) is 11.3 Å². The fourth-order valence-electron chi connectivity index (χ4n) is 1.63. The summed E-state index contributed by atoms with van der Waals surface area (Å²) in [6.07, 6.45) is 0. The average Bonchev–Trinajstić information content (AvgIpc) is 2.63. The molecule has 0 aliphatic heterocycles. The van der Waals surface area contributed by atoms with Crippen LogP contribution >= 0.6 is 11.3 Å². The van der Waals surface area contributed by atoms with Crippen LogP contribution in [0.4, 0.5) is 5.69 Å². The molecule has 102 valence electrons. The number of hydrogen-bond acceptors (Lipinski definition) is 5. The van der Waals surface area contributed by atoms with Gasteiger partial charge in [-0.3, -0.25) is 14.5 Å². The van der Waals surface area contributed by atoms with Crippen LogP contribution in [-0.4, -0.2) is 18.4 Å². The number of nitrogens with zero attached hydrogens (tertiary/aromatic N) is 1.